The van der Waals surface area contributed by atoms with Crippen molar-refractivity contribution in [3.63, 3.8) is 0 Å². The van der Waals surface area contributed by atoms with Crippen molar-refractivity contribution in [3.05, 3.63) is 29.8 Å². The fourth-order valence-electron chi connectivity index (χ4n) is 2.03. The van der Waals surface area contributed by atoms with Crippen LogP contribution in [-0.2, 0) is 6.61 Å². The molecule has 0 spiro atoms. The highest BCUT2D eigenvalue weighted by Gasteiger charge is 2.15. The van der Waals surface area contributed by atoms with Crippen molar-refractivity contribution in [2.45, 2.75) is 6.61 Å². The van der Waals surface area contributed by atoms with Gasteiger partial charge in [-0.15, -0.1) is 0 Å². The van der Waals surface area contributed by atoms with E-state index in [0.29, 0.717) is 17.2 Å². The summed E-state index contributed by atoms with van der Waals surface area (Å²) in [7, 11) is 4.75. The summed E-state index contributed by atoms with van der Waals surface area (Å²) in [5.74, 6) is 1.82. The van der Waals surface area contributed by atoms with Gasteiger partial charge in [-0.1, -0.05) is 12.1 Å². The SMILES string of the molecule is COc1cc2cc(CO)ccc2c(OC)c1OC. The predicted octanol–water partition coefficient (Wildman–Crippen LogP) is 2.36. The third kappa shape index (κ3) is 1.95. The standard InChI is InChI=1S/C14H16O4/c1-16-12-7-10-6-9(8-15)4-5-11(10)13(17-2)14(12)18-3/h4-7,15H,8H2,1-3H3. The van der Waals surface area contributed by atoms with Crippen molar-refractivity contribution in [3.8, 4) is 17.2 Å². The van der Waals surface area contributed by atoms with E-state index in [4.69, 9.17) is 19.3 Å². The van der Waals surface area contributed by atoms with Crippen LogP contribution >= 0.6 is 0 Å². The minimum Gasteiger partial charge on any atom is -0.493 e. The first-order valence-electron chi connectivity index (χ1n) is 5.57. The molecule has 1 N–H and O–H groups in total. The fraction of sp³-hybridized carbons (Fsp3) is 0.286. The third-order valence-corrected chi connectivity index (χ3v) is 2.89. The topological polar surface area (TPSA) is 47.9 Å². The van der Waals surface area contributed by atoms with Crippen LogP contribution in [0.5, 0.6) is 17.2 Å². The van der Waals surface area contributed by atoms with Gasteiger partial charge in [-0.2, -0.15) is 0 Å². The van der Waals surface area contributed by atoms with Crippen molar-refractivity contribution in [2.75, 3.05) is 21.3 Å². The first-order valence-corrected chi connectivity index (χ1v) is 5.57. The van der Waals surface area contributed by atoms with Crippen molar-refractivity contribution >= 4 is 10.8 Å². The van der Waals surface area contributed by atoms with E-state index < -0.39 is 0 Å². The van der Waals surface area contributed by atoms with Crippen molar-refractivity contribution in [1.29, 1.82) is 0 Å². The zero-order chi connectivity index (χ0) is 13.1. The lowest BCUT2D eigenvalue weighted by atomic mass is 10.1. The van der Waals surface area contributed by atoms with E-state index in [9.17, 15) is 0 Å². The monoisotopic (exact) mass is 248 g/mol. The number of aliphatic hydroxyl groups excluding tert-OH is 1. The maximum absolute atomic E-state index is 9.16. The lowest BCUT2D eigenvalue weighted by Gasteiger charge is -2.15. The molecule has 2 aromatic rings. The molecular weight excluding hydrogens is 232 g/mol. The molecule has 18 heavy (non-hydrogen) atoms. The number of hydrogen-bond acceptors (Lipinski definition) is 4. The van der Waals surface area contributed by atoms with Gasteiger partial charge in [0.05, 0.1) is 27.9 Å². The number of benzene rings is 2. The Hall–Kier alpha value is -1.94. The fourth-order valence-corrected chi connectivity index (χ4v) is 2.03. The second kappa shape index (κ2) is 5.14. The molecule has 0 radical (unpaired) electrons. The smallest absolute Gasteiger partial charge is 0.203 e. The van der Waals surface area contributed by atoms with Gasteiger partial charge >= 0.3 is 0 Å². The predicted molar refractivity (Wildman–Crippen MR) is 69.5 cm³/mol. The van der Waals surface area contributed by atoms with Crippen LogP contribution in [-0.4, -0.2) is 26.4 Å². The van der Waals surface area contributed by atoms with E-state index in [2.05, 4.69) is 0 Å². The Bertz CT molecular complexity index is 563. The van der Waals surface area contributed by atoms with Crippen LogP contribution in [0.3, 0.4) is 0 Å². The van der Waals surface area contributed by atoms with Crippen molar-refractivity contribution in [1.82, 2.24) is 0 Å². The zero-order valence-electron chi connectivity index (χ0n) is 10.7. The summed E-state index contributed by atoms with van der Waals surface area (Å²) in [4.78, 5) is 0. The van der Waals surface area contributed by atoms with Crippen LogP contribution in [0.4, 0.5) is 0 Å². The minimum atomic E-state index is 0.00655. The van der Waals surface area contributed by atoms with E-state index in [-0.39, 0.29) is 6.61 Å². The molecule has 96 valence electrons. The summed E-state index contributed by atoms with van der Waals surface area (Å²) < 4.78 is 16.0. The molecule has 0 aliphatic heterocycles. The summed E-state index contributed by atoms with van der Waals surface area (Å²) in [6.45, 7) is 0.00655. The Morgan fingerprint density at radius 2 is 1.67 bits per heavy atom. The molecule has 0 heterocycles. The molecule has 0 bridgehead atoms. The molecule has 2 rings (SSSR count). The molecule has 0 saturated heterocycles. The quantitative estimate of drug-likeness (QED) is 0.902. The lowest BCUT2D eigenvalue weighted by molar-refractivity contribution is 0.282. The summed E-state index contributed by atoms with van der Waals surface area (Å²) in [6.07, 6.45) is 0. The van der Waals surface area contributed by atoms with E-state index >= 15 is 0 Å². The molecule has 0 atom stereocenters. The Morgan fingerprint density at radius 3 is 2.22 bits per heavy atom. The van der Waals surface area contributed by atoms with E-state index in [1.54, 1.807) is 21.3 Å². The number of ether oxygens (including phenoxy) is 3. The van der Waals surface area contributed by atoms with Gasteiger partial charge < -0.3 is 19.3 Å². The van der Waals surface area contributed by atoms with Crippen LogP contribution < -0.4 is 14.2 Å². The number of fused-ring (bicyclic) bond motifs is 1. The number of rotatable bonds is 4. The Labute approximate surface area is 106 Å². The highest BCUT2D eigenvalue weighted by molar-refractivity contribution is 5.93. The van der Waals surface area contributed by atoms with Crippen LogP contribution in [0.1, 0.15) is 5.56 Å². The molecule has 0 fully saturated rings. The highest BCUT2D eigenvalue weighted by atomic mass is 16.5. The van der Waals surface area contributed by atoms with Crippen molar-refractivity contribution in [2.24, 2.45) is 0 Å². The van der Waals surface area contributed by atoms with E-state index in [1.807, 2.05) is 24.3 Å². The second-order valence-corrected chi connectivity index (χ2v) is 3.86. The summed E-state index contributed by atoms with van der Waals surface area (Å²) >= 11 is 0. The van der Waals surface area contributed by atoms with E-state index in [1.165, 1.54) is 0 Å². The Morgan fingerprint density at radius 1 is 0.944 bits per heavy atom. The zero-order valence-corrected chi connectivity index (χ0v) is 10.7. The maximum Gasteiger partial charge on any atom is 0.203 e. The number of aliphatic hydroxyl groups is 1. The van der Waals surface area contributed by atoms with Gasteiger partial charge in [-0.3, -0.25) is 0 Å². The normalized spacial score (nSPS) is 10.4. The highest BCUT2D eigenvalue weighted by Crippen LogP contribution is 2.43. The Balaban J connectivity index is 2.78. The molecule has 0 unspecified atom stereocenters. The third-order valence-electron chi connectivity index (χ3n) is 2.89. The van der Waals surface area contributed by atoms with Crippen LogP contribution in [0.15, 0.2) is 24.3 Å². The largest absolute Gasteiger partial charge is 0.493 e. The molecule has 0 saturated carbocycles. The van der Waals surface area contributed by atoms with Gasteiger partial charge in [0.1, 0.15) is 0 Å². The van der Waals surface area contributed by atoms with Crippen LogP contribution in [0.2, 0.25) is 0 Å². The summed E-state index contributed by atoms with van der Waals surface area (Å²) in [5, 5.41) is 11.0. The first kappa shape index (κ1) is 12.5. The molecule has 0 aliphatic carbocycles. The number of hydrogen-bond donors (Lipinski definition) is 1. The molecule has 4 nitrogen and oxygen atoms in total. The first-order chi connectivity index (χ1) is 8.74. The summed E-state index contributed by atoms with van der Waals surface area (Å²) in [6, 6.07) is 7.54. The van der Waals surface area contributed by atoms with Gasteiger partial charge in [-0.25, -0.2) is 0 Å². The Kier molecular flexibility index (Phi) is 3.58. The van der Waals surface area contributed by atoms with Gasteiger partial charge in [-0.05, 0) is 23.1 Å². The van der Waals surface area contributed by atoms with E-state index in [0.717, 1.165) is 16.3 Å². The van der Waals surface area contributed by atoms with Crippen molar-refractivity contribution < 1.29 is 19.3 Å². The molecule has 0 aliphatic rings. The molecular formula is C14H16O4. The minimum absolute atomic E-state index is 0.00655. The van der Waals surface area contributed by atoms with Gasteiger partial charge in [0, 0.05) is 5.39 Å². The van der Waals surface area contributed by atoms with Crippen LogP contribution in [0.25, 0.3) is 10.8 Å². The average molecular weight is 248 g/mol. The summed E-state index contributed by atoms with van der Waals surface area (Å²) in [5.41, 5.74) is 0.844. The lowest BCUT2D eigenvalue weighted by Crippen LogP contribution is -1.96. The molecule has 0 aromatic heterocycles. The second-order valence-electron chi connectivity index (χ2n) is 3.86. The average Bonchev–Trinajstić information content (AvgIpc) is 2.44. The number of methoxy groups -OCH3 is 3. The van der Waals surface area contributed by atoms with Gasteiger partial charge in [0.2, 0.25) is 5.75 Å². The van der Waals surface area contributed by atoms with Gasteiger partial charge in [0.25, 0.3) is 0 Å². The molecule has 4 heteroatoms. The van der Waals surface area contributed by atoms with Gasteiger partial charge in [0.15, 0.2) is 11.5 Å². The molecule has 0 amide bonds. The van der Waals surface area contributed by atoms with Crippen LogP contribution in [0, 0.1) is 0 Å². The molecule has 2 aromatic carbocycles. The maximum atomic E-state index is 9.16.